The molecule has 2 aromatic carbocycles. The van der Waals surface area contributed by atoms with Gasteiger partial charge in [0.2, 0.25) is 0 Å². The lowest BCUT2D eigenvalue weighted by atomic mass is 9.99. The Labute approximate surface area is 195 Å². The summed E-state index contributed by atoms with van der Waals surface area (Å²) in [6.07, 6.45) is 2.03. The van der Waals surface area contributed by atoms with E-state index in [2.05, 4.69) is 35.3 Å². The normalized spacial score (nSPS) is 13.4. The number of para-hydroxylation sites is 1. The second kappa shape index (κ2) is 10.5. The SMILES string of the molecule is CNC(=O)OCC(C)(C)C.Cc1ccc2c(N3CCCC3)nc(-c3ccccc3O)nc2c1. The van der Waals surface area contributed by atoms with Crippen molar-refractivity contribution in [3.8, 4) is 17.1 Å². The third kappa shape index (κ3) is 6.57. The molecule has 0 unspecified atom stereocenters. The van der Waals surface area contributed by atoms with Gasteiger partial charge >= 0.3 is 6.09 Å². The minimum atomic E-state index is -0.366. The number of nitrogens with one attached hydrogen (secondary N) is 1. The van der Waals surface area contributed by atoms with E-state index < -0.39 is 0 Å². The highest BCUT2D eigenvalue weighted by Gasteiger charge is 2.19. The monoisotopic (exact) mass is 450 g/mol. The summed E-state index contributed by atoms with van der Waals surface area (Å²) in [5.74, 6) is 1.78. The van der Waals surface area contributed by atoms with Crippen LogP contribution in [0, 0.1) is 12.3 Å². The molecule has 0 aliphatic carbocycles. The first kappa shape index (κ1) is 24.3. The minimum Gasteiger partial charge on any atom is -0.507 e. The number of aryl methyl sites for hydroxylation is 1. The predicted octanol–water partition coefficient (Wildman–Crippen LogP) is 5.30. The number of carbonyl (C=O) groups is 1. The van der Waals surface area contributed by atoms with Crippen LogP contribution in [-0.2, 0) is 4.74 Å². The number of carbonyl (C=O) groups excluding carboxylic acids is 1. The number of aromatic hydroxyl groups is 1. The molecule has 1 aliphatic rings. The van der Waals surface area contributed by atoms with E-state index in [4.69, 9.17) is 14.7 Å². The lowest BCUT2D eigenvalue weighted by molar-refractivity contribution is 0.108. The van der Waals surface area contributed by atoms with E-state index >= 15 is 0 Å². The molecule has 1 saturated heterocycles. The molecule has 33 heavy (non-hydrogen) atoms. The van der Waals surface area contributed by atoms with E-state index in [1.807, 2.05) is 39.0 Å². The minimum absolute atomic E-state index is 0.0481. The number of phenols is 1. The molecule has 0 saturated carbocycles. The van der Waals surface area contributed by atoms with Gasteiger partial charge in [-0.25, -0.2) is 14.8 Å². The summed E-state index contributed by atoms with van der Waals surface area (Å²) < 4.78 is 4.81. The van der Waals surface area contributed by atoms with Crippen LogP contribution in [0.15, 0.2) is 42.5 Å². The van der Waals surface area contributed by atoms with Crippen LogP contribution in [0.3, 0.4) is 0 Å². The fraction of sp³-hybridized carbons (Fsp3) is 0.423. The van der Waals surface area contributed by atoms with E-state index in [1.54, 1.807) is 13.1 Å². The molecule has 0 atom stereocenters. The van der Waals surface area contributed by atoms with Crippen LogP contribution in [0.1, 0.15) is 39.2 Å². The standard InChI is InChI=1S/C19H19N3O.C7H15NO2/c1-13-8-9-14-16(12-13)20-18(15-6-2-3-7-17(15)23)21-19(14)22-10-4-5-11-22;1-7(2,3)5-10-6(9)8-4/h2-3,6-9,12,23H,4-5,10-11H2,1H3;5H2,1-4H3,(H,8,9). The Hall–Kier alpha value is -3.35. The van der Waals surface area contributed by atoms with Gasteiger partial charge in [-0.3, -0.25) is 0 Å². The molecule has 2 heterocycles. The highest BCUT2D eigenvalue weighted by Crippen LogP contribution is 2.33. The Kier molecular flexibility index (Phi) is 7.74. The molecule has 2 N–H and O–H groups in total. The van der Waals surface area contributed by atoms with E-state index in [9.17, 15) is 9.90 Å². The van der Waals surface area contributed by atoms with Crippen molar-refractivity contribution in [3.05, 3.63) is 48.0 Å². The molecule has 1 aliphatic heterocycles. The number of fused-ring (bicyclic) bond motifs is 1. The van der Waals surface area contributed by atoms with Gasteiger partial charge in [0.25, 0.3) is 0 Å². The molecule has 1 amide bonds. The number of hydrogen-bond acceptors (Lipinski definition) is 6. The number of alkyl carbamates (subject to hydrolysis) is 1. The van der Waals surface area contributed by atoms with Crippen LogP contribution in [0.5, 0.6) is 5.75 Å². The number of amides is 1. The van der Waals surface area contributed by atoms with Crippen molar-refractivity contribution in [2.75, 3.05) is 31.6 Å². The third-order valence-corrected chi connectivity index (χ3v) is 5.22. The average molecular weight is 451 g/mol. The highest BCUT2D eigenvalue weighted by molar-refractivity contribution is 5.92. The molecule has 4 rings (SSSR count). The van der Waals surface area contributed by atoms with Crippen molar-refractivity contribution >= 4 is 22.8 Å². The van der Waals surface area contributed by atoms with Gasteiger partial charge in [-0.2, -0.15) is 0 Å². The number of ether oxygens (including phenoxy) is 1. The van der Waals surface area contributed by atoms with Gasteiger partial charge in [0, 0.05) is 25.5 Å². The summed E-state index contributed by atoms with van der Waals surface area (Å²) in [6, 6.07) is 13.5. The van der Waals surface area contributed by atoms with Crippen LogP contribution < -0.4 is 10.2 Å². The van der Waals surface area contributed by atoms with E-state index in [1.165, 1.54) is 18.4 Å². The summed E-state index contributed by atoms with van der Waals surface area (Å²) in [4.78, 5) is 22.3. The topological polar surface area (TPSA) is 87.6 Å². The second-order valence-corrected chi connectivity index (χ2v) is 9.49. The molecule has 176 valence electrons. The fourth-order valence-corrected chi connectivity index (χ4v) is 3.53. The van der Waals surface area contributed by atoms with Crippen molar-refractivity contribution in [1.82, 2.24) is 15.3 Å². The maximum Gasteiger partial charge on any atom is 0.406 e. The summed E-state index contributed by atoms with van der Waals surface area (Å²) in [5, 5.41) is 13.6. The van der Waals surface area contributed by atoms with Crippen molar-refractivity contribution in [1.29, 1.82) is 0 Å². The van der Waals surface area contributed by atoms with Crippen molar-refractivity contribution < 1.29 is 14.6 Å². The van der Waals surface area contributed by atoms with Crippen LogP contribution >= 0.6 is 0 Å². The molecule has 7 nitrogen and oxygen atoms in total. The Morgan fingerprint density at radius 2 is 1.82 bits per heavy atom. The molecule has 7 heteroatoms. The lowest BCUT2D eigenvalue weighted by Crippen LogP contribution is -2.24. The number of phenolic OH excluding ortho intramolecular Hbond substituents is 1. The van der Waals surface area contributed by atoms with E-state index in [0.717, 1.165) is 29.8 Å². The molecular weight excluding hydrogens is 416 g/mol. The zero-order valence-corrected chi connectivity index (χ0v) is 20.2. The third-order valence-electron chi connectivity index (χ3n) is 5.22. The van der Waals surface area contributed by atoms with Gasteiger partial charge in [-0.1, -0.05) is 39.0 Å². The zero-order valence-electron chi connectivity index (χ0n) is 20.2. The Balaban J connectivity index is 0.000000262. The molecule has 0 bridgehead atoms. The number of hydrogen-bond donors (Lipinski definition) is 2. The zero-order chi connectivity index (χ0) is 24.0. The van der Waals surface area contributed by atoms with E-state index in [-0.39, 0.29) is 17.3 Å². The Bertz CT molecular complexity index is 1100. The second-order valence-electron chi connectivity index (χ2n) is 9.49. The highest BCUT2D eigenvalue weighted by atomic mass is 16.5. The maximum absolute atomic E-state index is 10.5. The van der Waals surface area contributed by atoms with Gasteiger partial charge < -0.3 is 20.1 Å². The predicted molar refractivity (Wildman–Crippen MR) is 133 cm³/mol. The Morgan fingerprint density at radius 3 is 2.45 bits per heavy atom. The first-order valence-corrected chi connectivity index (χ1v) is 11.3. The Morgan fingerprint density at radius 1 is 1.12 bits per heavy atom. The van der Waals surface area contributed by atoms with E-state index in [0.29, 0.717) is 18.0 Å². The largest absolute Gasteiger partial charge is 0.507 e. The van der Waals surface area contributed by atoms with Crippen LogP contribution in [0.25, 0.3) is 22.3 Å². The first-order chi connectivity index (χ1) is 15.7. The molecule has 1 aromatic heterocycles. The van der Waals surface area contributed by atoms with Crippen molar-refractivity contribution in [2.45, 2.75) is 40.5 Å². The first-order valence-electron chi connectivity index (χ1n) is 11.3. The van der Waals surface area contributed by atoms with Crippen molar-refractivity contribution in [3.63, 3.8) is 0 Å². The number of rotatable bonds is 3. The smallest absolute Gasteiger partial charge is 0.406 e. The molecule has 1 fully saturated rings. The summed E-state index contributed by atoms with van der Waals surface area (Å²) in [6.45, 7) is 10.6. The van der Waals surface area contributed by atoms with Gasteiger partial charge in [-0.05, 0) is 55.0 Å². The van der Waals surface area contributed by atoms with Crippen molar-refractivity contribution in [2.24, 2.45) is 5.41 Å². The van der Waals surface area contributed by atoms with Crippen LogP contribution in [-0.4, -0.2) is 47.9 Å². The molecular formula is C26H34N4O3. The summed E-state index contributed by atoms with van der Waals surface area (Å²) in [5.41, 5.74) is 2.83. The molecule has 3 aromatic rings. The number of benzene rings is 2. The fourth-order valence-electron chi connectivity index (χ4n) is 3.53. The van der Waals surface area contributed by atoms with Gasteiger partial charge in [0.05, 0.1) is 17.7 Å². The lowest BCUT2D eigenvalue weighted by Gasteiger charge is -2.19. The van der Waals surface area contributed by atoms with Gasteiger partial charge in [0.1, 0.15) is 11.6 Å². The molecule has 0 spiro atoms. The van der Waals surface area contributed by atoms with Crippen LogP contribution in [0.4, 0.5) is 10.6 Å². The number of anilines is 1. The van der Waals surface area contributed by atoms with Crippen LogP contribution in [0.2, 0.25) is 0 Å². The summed E-state index contributed by atoms with van der Waals surface area (Å²) in [7, 11) is 1.55. The van der Waals surface area contributed by atoms with Gasteiger partial charge in [0.15, 0.2) is 5.82 Å². The quantitative estimate of drug-likeness (QED) is 0.563. The summed E-state index contributed by atoms with van der Waals surface area (Å²) >= 11 is 0. The number of nitrogens with zero attached hydrogens (tertiary/aromatic N) is 3. The molecule has 0 radical (unpaired) electrons. The average Bonchev–Trinajstić information content (AvgIpc) is 3.31. The van der Waals surface area contributed by atoms with Gasteiger partial charge in [-0.15, -0.1) is 0 Å². The number of aromatic nitrogens is 2. The maximum atomic E-state index is 10.5.